The van der Waals surface area contributed by atoms with Crippen molar-refractivity contribution in [1.29, 1.82) is 0 Å². The number of nitrogens with one attached hydrogen (secondary N) is 1. The highest BCUT2D eigenvalue weighted by Gasteiger charge is 2.07. The van der Waals surface area contributed by atoms with E-state index in [0.717, 1.165) is 0 Å². The summed E-state index contributed by atoms with van der Waals surface area (Å²) < 4.78 is 0. The lowest BCUT2D eigenvalue weighted by Gasteiger charge is -2.01. The van der Waals surface area contributed by atoms with Gasteiger partial charge in [-0.25, -0.2) is 10.4 Å². The maximum Gasteiger partial charge on any atom is 0.271 e. The molecule has 1 aromatic carbocycles. The van der Waals surface area contributed by atoms with E-state index in [4.69, 9.17) is 23.2 Å². The maximum absolute atomic E-state index is 11.8. The molecule has 2 rings (SSSR count). The monoisotopic (exact) mass is 338 g/mol. The molecule has 0 saturated heterocycles. The Bertz CT molecular complexity index is 727. The van der Waals surface area contributed by atoms with E-state index in [1.165, 1.54) is 42.6 Å². The van der Waals surface area contributed by atoms with Gasteiger partial charge in [-0.3, -0.25) is 14.9 Å². The molecule has 0 aliphatic carbocycles. The van der Waals surface area contributed by atoms with Gasteiger partial charge in [0.25, 0.3) is 11.6 Å². The molecule has 0 aliphatic heterocycles. The van der Waals surface area contributed by atoms with E-state index in [-0.39, 0.29) is 21.6 Å². The zero-order valence-electron chi connectivity index (χ0n) is 10.9. The van der Waals surface area contributed by atoms with Gasteiger partial charge in [0.05, 0.1) is 11.1 Å². The Balaban J connectivity index is 2.02. The number of hydrogen-bond acceptors (Lipinski definition) is 5. The number of nitrogens with zero attached hydrogens (tertiary/aromatic N) is 3. The third kappa shape index (κ3) is 4.24. The smallest absolute Gasteiger partial charge is 0.267 e. The standard InChI is InChI=1S/C13H8Cl2N4O3/c14-11-5-9(6-12(15)17-11)13(20)18-16-7-8-1-3-10(4-2-8)19(21)22/h1-7H,(H,18,20)/b16-7+. The van der Waals surface area contributed by atoms with E-state index in [0.29, 0.717) is 5.56 Å². The molecule has 0 spiro atoms. The molecular formula is C13H8Cl2N4O3. The van der Waals surface area contributed by atoms with Gasteiger partial charge in [-0.1, -0.05) is 23.2 Å². The molecule has 7 nitrogen and oxygen atoms in total. The van der Waals surface area contributed by atoms with Gasteiger partial charge in [-0.2, -0.15) is 5.10 Å². The summed E-state index contributed by atoms with van der Waals surface area (Å²) >= 11 is 11.4. The third-order valence-corrected chi connectivity index (χ3v) is 2.90. The molecule has 22 heavy (non-hydrogen) atoms. The number of carbonyl (C=O) groups excluding carboxylic acids is 1. The van der Waals surface area contributed by atoms with Crippen molar-refractivity contribution in [1.82, 2.24) is 10.4 Å². The molecule has 0 atom stereocenters. The highest BCUT2D eigenvalue weighted by atomic mass is 35.5. The van der Waals surface area contributed by atoms with Crippen LogP contribution in [0.4, 0.5) is 5.69 Å². The molecule has 0 saturated carbocycles. The number of aromatic nitrogens is 1. The number of pyridine rings is 1. The molecule has 0 aliphatic rings. The van der Waals surface area contributed by atoms with E-state index in [2.05, 4.69) is 15.5 Å². The van der Waals surface area contributed by atoms with Crippen LogP contribution in [0.25, 0.3) is 0 Å². The van der Waals surface area contributed by atoms with Crippen molar-refractivity contribution in [2.45, 2.75) is 0 Å². The predicted octanol–water partition coefficient (Wildman–Crippen LogP) is 3.06. The lowest BCUT2D eigenvalue weighted by Crippen LogP contribution is -2.17. The van der Waals surface area contributed by atoms with Crippen molar-refractivity contribution in [3.05, 3.63) is 67.9 Å². The second-order valence-electron chi connectivity index (χ2n) is 4.05. The summed E-state index contributed by atoms with van der Waals surface area (Å²) in [4.78, 5) is 25.6. The van der Waals surface area contributed by atoms with Gasteiger partial charge in [0.15, 0.2) is 0 Å². The van der Waals surface area contributed by atoms with Gasteiger partial charge < -0.3 is 0 Å². The number of halogens is 2. The summed E-state index contributed by atoms with van der Waals surface area (Å²) in [6, 6.07) is 8.40. The first-order valence-electron chi connectivity index (χ1n) is 5.86. The Morgan fingerprint density at radius 1 is 1.23 bits per heavy atom. The van der Waals surface area contributed by atoms with Gasteiger partial charge in [-0.15, -0.1) is 0 Å². The maximum atomic E-state index is 11.8. The van der Waals surface area contributed by atoms with Crippen LogP contribution in [0, 0.1) is 10.1 Å². The van der Waals surface area contributed by atoms with Gasteiger partial charge in [0.2, 0.25) is 0 Å². The number of nitro groups is 1. The van der Waals surface area contributed by atoms with Crippen LogP contribution in [0.1, 0.15) is 15.9 Å². The van der Waals surface area contributed by atoms with Gasteiger partial charge in [0, 0.05) is 17.7 Å². The number of amides is 1. The number of rotatable bonds is 4. The quantitative estimate of drug-likeness (QED) is 0.401. The van der Waals surface area contributed by atoms with Crippen molar-refractivity contribution < 1.29 is 9.72 Å². The van der Waals surface area contributed by atoms with Gasteiger partial charge in [-0.05, 0) is 29.8 Å². The molecule has 0 fully saturated rings. The fourth-order valence-corrected chi connectivity index (χ4v) is 1.97. The average molecular weight is 339 g/mol. The zero-order chi connectivity index (χ0) is 16.1. The molecule has 1 N–H and O–H groups in total. The van der Waals surface area contributed by atoms with Crippen molar-refractivity contribution in [3.8, 4) is 0 Å². The molecule has 9 heteroatoms. The summed E-state index contributed by atoms with van der Waals surface area (Å²) in [6.07, 6.45) is 1.35. The highest BCUT2D eigenvalue weighted by Crippen LogP contribution is 2.14. The molecule has 0 bridgehead atoms. The van der Waals surface area contributed by atoms with Crippen molar-refractivity contribution in [3.63, 3.8) is 0 Å². The van der Waals surface area contributed by atoms with E-state index >= 15 is 0 Å². The number of hydrazone groups is 1. The lowest BCUT2D eigenvalue weighted by atomic mass is 10.2. The molecule has 2 aromatic rings. The highest BCUT2D eigenvalue weighted by molar-refractivity contribution is 6.33. The second-order valence-corrected chi connectivity index (χ2v) is 4.82. The van der Waals surface area contributed by atoms with Crippen LogP contribution in [-0.2, 0) is 0 Å². The van der Waals surface area contributed by atoms with Crippen molar-refractivity contribution >= 4 is 41.0 Å². The zero-order valence-corrected chi connectivity index (χ0v) is 12.4. The van der Waals surface area contributed by atoms with E-state index in [1.807, 2.05) is 0 Å². The molecule has 1 amide bonds. The van der Waals surface area contributed by atoms with E-state index in [9.17, 15) is 14.9 Å². The minimum Gasteiger partial charge on any atom is -0.267 e. The van der Waals surface area contributed by atoms with Crippen molar-refractivity contribution in [2.75, 3.05) is 0 Å². The van der Waals surface area contributed by atoms with Gasteiger partial charge >= 0.3 is 0 Å². The van der Waals surface area contributed by atoms with Crippen molar-refractivity contribution in [2.24, 2.45) is 5.10 Å². The van der Waals surface area contributed by atoms with Crippen LogP contribution in [0.3, 0.4) is 0 Å². The fraction of sp³-hybridized carbons (Fsp3) is 0. The van der Waals surface area contributed by atoms with Crippen LogP contribution in [-0.4, -0.2) is 22.0 Å². The number of nitro benzene ring substituents is 1. The molecule has 1 aromatic heterocycles. The topological polar surface area (TPSA) is 97.5 Å². The second kappa shape index (κ2) is 6.97. The Hall–Kier alpha value is -2.51. The molecule has 112 valence electrons. The summed E-state index contributed by atoms with van der Waals surface area (Å²) in [6.45, 7) is 0. The normalized spacial score (nSPS) is 10.6. The fourth-order valence-electron chi connectivity index (χ4n) is 1.51. The first-order chi connectivity index (χ1) is 10.5. The summed E-state index contributed by atoms with van der Waals surface area (Å²) in [5.74, 6) is -0.510. The molecular weight excluding hydrogens is 331 g/mol. The van der Waals surface area contributed by atoms with Crippen LogP contribution in [0.5, 0.6) is 0 Å². The number of non-ortho nitro benzene ring substituents is 1. The summed E-state index contributed by atoms with van der Waals surface area (Å²) in [5.41, 5.74) is 3.07. The largest absolute Gasteiger partial charge is 0.271 e. The van der Waals surface area contributed by atoms with Crippen LogP contribution in [0.2, 0.25) is 10.3 Å². The first-order valence-corrected chi connectivity index (χ1v) is 6.62. The predicted molar refractivity (Wildman–Crippen MR) is 82.4 cm³/mol. The number of hydrogen-bond donors (Lipinski definition) is 1. The van der Waals surface area contributed by atoms with Crippen LogP contribution < -0.4 is 5.43 Å². The Labute approximate surface area is 134 Å². The number of benzene rings is 1. The average Bonchev–Trinajstić information content (AvgIpc) is 2.46. The Kier molecular flexibility index (Phi) is 5.03. The molecule has 0 unspecified atom stereocenters. The molecule has 1 heterocycles. The SMILES string of the molecule is O=C(N/N=C/c1ccc([N+](=O)[O-])cc1)c1cc(Cl)nc(Cl)c1. The number of carbonyl (C=O) groups is 1. The Morgan fingerprint density at radius 3 is 2.36 bits per heavy atom. The minimum absolute atomic E-state index is 0.0257. The van der Waals surface area contributed by atoms with Crippen LogP contribution >= 0.6 is 23.2 Å². The lowest BCUT2D eigenvalue weighted by molar-refractivity contribution is -0.384. The Morgan fingerprint density at radius 2 is 1.82 bits per heavy atom. The van der Waals surface area contributed by atoms with E-state index < -0.39 is 10.8 Å². The first kappa shape index (κ1) is 15.9. The summed E-state index contributed by atoms with van der Waals surface area (Å²) in [5, 5.41) is 14.5. The minimum atomic E-state index is -0.510. The van der Waals surface area contributed by atoms with Crippen LogP contribution in [0.15, 0.2) is 41.5 Å². The van der Waals surface area contributed by atoms with Gasteiger partial charge in [0.1, 0.15) is 10.3 Å². The molecule has 0 radical (unpaired) electrons. The third-order valence-electron chi connectivity index (χ3n) is 2.51. The summed E-state index contributed by atoms with van der Waals surface area (Å²) in [7, 11) is 0. The van der Waals surface area contributed by atoms with E-state index in [1.54, 1.807) is 0 Å².